The van der Waals surface area contributed by atoms with Gasteiger partial charge in [-0.15, -0.1) is 0 Å². The zero-order valence-corrected chi connectivity index (χ0v) is 15.0. The van der Waals surface area contributed by atoms with Gasteiger partial charge in [0, 0.05) is 44.7 Å². The Morgan fingerprint density at radius 2 is 1.79 bits per heavy atom. The number of hydrogen-bond acceptors (Lipinski definition) is 3. The zero-order chi connectivity index (χ0) is 16.9. The lowest BCUT2D eigenvalue weighted by Gasteiger charge is -2.39. The highest BCUT2D eigenvalue weighted by Gasteiger charge is 2.29. The van der Waals surface area contributed by atoms with Crippen molar-refractivity contribution in [3.8, 4) is 0 Å². The van der Waals surface area contributed by atoms with E-state index >= 15 is 0 Å². The van der Waals surface area contributed by atoms with Gasteiger partial charge in [0.25, 0.3) is 0 Å². The van der Waals surface area contributed by atoms with Crippen molar-refractivity contribution < 1.29 is 9.59 Å². The molecular weight excluding hydrogens is 302 g/mol. The minimum Gasteiger partial charge on any atom is -0.340 e. The van der Waals surface area contributed by atoms with Crippen LogP contribution in [0.15, 0.2) is 12.2 Å². The van der Waals surface area contributed by atoms with Crippen molar-refractivity contribution in [1.82, 2.24) is 14.7 Å². The van der Waals surface area contributed by atoms with Gasteiger partial charge in [-0.2, -0.15) is 0 Å². The maximum atomic E-state index is 12.6. The molecule has 2 fully saturated rings. The van der Waals surface area contributed by atoms with E-state index in [1.165, 1.54) is 6.42 Å². The molecular formula is C19H31N3O2. The van der Waals surface area contributed by atoms with Crippen LogP contribution < -0.4 is 0 Å². The monoisotopic (exact) mass is 333 g/mol. The van der Waals surface area contributed by atoms with Crippen molar-refractivity contribution in [2.24, 2.45) is 5.92 Å². The molecule has 2 unspecified atom stereocenters. The molecule has 24 heavy (non-hydrogen) atoms. The van der Waals surface area contributed by atoms with E-state index < -0.39 is 0 Å². The van der Waals surface area contributed by atoms with Crippen molar-refractivity contribution in [1.29, 1.82) is 0 Å². The number of piperazine rings is 1. The van der Waals surface area contributed by atoms with Crippen LogP contribution >= 0.6 is 0 Å². The van der Waals surface area contributed by atoms with Crippen molar-refractivity contribution >= 4 is 11.8 Å². The first-order valence-corrected chi connectivity index (χ1v) is 9.61. The van der Waals surface area contributed by atoms with Crippen molar-refractivity contribution in [3.63, 3.8) is 0 Å². The maximum absolute atomic E-state index is 12.6. The van der Waals surface area contributed by atoms with E-state index in [1.54, 1.807) is 0 Å². The predicted octanol–water partition coefficient (Wildman–Crippen LogP) is 1.89. The molecule has 3 rings (SSSR count). The van der Waals surface area contributed by atoms with Gasteiger partial charge in [-0.05, 0) is 45.4 Å². The highest BCUT2D eigenvalue weighted by molar-refractivity contribution is 5.80. The van der Waals surface area contributed by atoms with Crippen LogP contribution in [0, 0.1) is 5.92 Å². The predicted molar refractivity (Wildman–Crippen MR) is 94.5 cm³/mol. The number of rotatable bonds is 3. The summed E-state index contributed by atoms with van der Waals surface area (Å²) in [5.74, 6) is 0.756. The van der Waals surface area contributed by atoms with Crippen LogP contribution in [-0.4, -0.2) is 71.8 Å². The Morgan fingerprint density at radius 1 is 1.00 bits per heavy atom. The first-order chi connectivity index (χ1) is 11.6. The summed E-state index contributed by atoms with van der Waals surface area (Å²) in [6, 6.07) is 0.383. The van der Waals surface area contributed by atoms with Crippen molar-refractivity contribution in [3.05, 3.63) is 12.2 Å². The Hall–Kier alpha value is -1.36. The lowest BCUT2D eigenvalue weighted by Crippen LogP contribution is -2.54. The van der Waals surface area contributed by atoms with E-state index in [1.807, 2.05) is 4.90 Å². The van der Waals surface area contributed by atoms with E-state index in [2.05, 4.69) is 28.9 Å². The first kappa shape index (κ1) is 17.5. The van der Waals surface area contributed by atoms with Crippen molar-refractivity contribution in [2.45, 2.75) is 51.5 Å². The summed E-state index contributed by atoms with van der Waals surface area (Å²) in [4.78, 5) is 31.4. The molecule has 2 aliphatic heterocycles. The van der Waals surface area contributed by atoms with E-state index in [4.69, 9.17) is 0 Å². The van der Waals surface area contributed by atoms with Crippen LogP contribution in [0.25, 0.3) is 0 Å². The molecule has 2 amide bonds. The Kier molecular flexibility index (Phi) is 5.93. The van der Waals surface area contributed by atoms with Crippen LogP contribution in [-0.2, 0) is 9.59 Å². The number of allylic oxidation sites excluding steroid dienone is 2. The molecule has 2 saturated heterocycles. The normalized spacial score (nSPS) is 28.9. The molecule has 0 bridgehead atoms. The summed E-state index contributed by atoms with van der Waals surface area (Å²) in [5, 5.41) is 0. The fraction of sp³-hybridized carbons (Fsp3) is 0.789. The fourth-order valence-electron chi connectivity index (χ4n) is 4.15. The van der Waals surface area contributed by atoms with Gasteiger partial charge in [-0.25, -0.2) is 0 Å². The number of piperidine rings is 1. The average molecular weight is 333 g/mol. The van der Waals surface area contributed by atoms with Gasteiger partial charge in [0.2, 0.25) is 11.8 Å². The Bertz CT molecular complexity index is 483. The summed E-state index contributed by atoms with van der Waals surface area (Å²) in [5.41, 5.74) is 0. The fourth-order valence-corrected chi connectivity index (χ4v) is 4.15. The van der Waals surface area contributed by atoms with E-state index in [0.717, 1.165) is 64.8 Å². The van der Waals surface area contributed by atoms with Gasteiger partial charge in [-0.1, -0.05) is 12.2 Å². The van der Waals surface area contributed by atoms with Gasteiger partial charge in [0.15, 0.2) is 0 Å². The van der Waals surface area contributed by atoms with Gasteiger partial charge < -0.3 is 9.80 Å². The smallest absolute Gasteiger partial charge is 0.236 e. The molecule has 0 saturated carbocycles. The molecule has 0 radical (unpaired) electrons. The molecule has 0 aromatic rings. The van der Waals surface area contributed by atoms with Crippen LogP contribution in [0.3, 0.4) is 0 Å². The number of likely N-dealkylation sites (tertiary alicyclic amines) is 1. The number of amides is 2. The quantitative estimate of drug-likeness (QED) is 0.741. The van der Waals surface area contributed by atoms with Gasteiger partial charge >= 0.3 is 0 Å². The molecule has 0 aromatic heterocycles. The lowest BCUT2D eigenvalue weighted by atomic mass is 9.93. The summed E-state index contributed by atoms with van der Waals surface area (Å²) in [6.45, 7) is 6.76. The van der Waals surface area contributed by atoms with Crippen LogP contribution in [0.1, 0.15) is 45.4 Å². The van der Waals surface area contributed by atoms with E-state index in [-0.39, 0.29) is 11.8 Å². The average Bonchev–Trinajstić information content (AvgIpc) is 2.63. The molecule has 0 spiro atoms. The summed E-state index contributed by atoms with van der Waals surface area (Å²) in [6.07, 6.45) is 10.7. The second-order valence-corrected chi connectivity index (χ2v) is 7.51. The molecule has 2 heterocycles. The van der Waals surface area contributed by atoms with Gasteiger partial charge in [-0.3, -0.25) is 14.5 Å². The SMILES string of the molecule is CC1CCCCN1C(=O)CN1CCN(C(=O)C2CC=CCC2)CC1. The summed E-state index contributed by atoms with van der Waals surface area (Å²) in [7, 11) is 0. The number of carbonyl (C=O) groups is 2. The van der Waals surface area contributed by atoms with Gasteiger partial charge in [0.05, 0.1) is 6.54 Å². The molecule has 3 aliphatic rings. The Morgan fingerprint density at radius 3 is 2.46 bits per heavy atom. The third kappa shape index (κ3) is 4.18. The molecule has 0 N–H and O–H groups in total. The Balaban J connectivity index is 1.44. The largest absolute Gasteiger partial charge is 0.340 e. The minimum atomic E-state index is 0.178. The first-order valence-electron chi connectivity index (χ1n) is 9.61. The number of carbonyl (C=O) groups excluding carboxylic acids is 2. The summed E-state index contributed by atoms with van der Waals surface area (Å²) >= 11 is 0. The minimum absolute atomic E-state index is 0.178. The standard InChI is InChI=1S/C19H31N3O2/c1-16-7-5-6-10-22(16)18(23)15-20-11-13-21(14-12-20)19(24)17-8-3-2-4-9-17/h2-3,16-17H,4-15H2,1H3. The second-order valence-electron chi connectivity index (χ2n) is 7.51. The summed E-state index contributed by atoms with van der Waals surface area (Å²) < 4.78 is 0. The third-order valence-electron chi connectivity index (χ3n) is 5.78. The third-order valence-corrected chi connectivity index (χ3v) is 5.78. The highest BCUT2D eigenvalue weighted by Crippen LogP contribution is 2.21. The maximum Gasteiger partial charge on any atom is 0.236 e. The second kappa shape index (κ2) is 8.15. The molecule has 0 aromatic carbocycles. The van der Waals surface area contributed by atoms with Crippen molar-refractivity contribution in [2.75, 3.05) is 39.3 Å². The molecule has 2 atom stereocenters. The number of hydrogen-bond donors (Lipinski definition) is 0. The lowest BCUT2D eigenvalue weighted by molar-refractivity contribution is -0.139. The van der Waals surface area contributed by atoms with Gasteiger partial charge in [0.1, 0.15) is 0 Å². The van der Waals surface area contributed by atoms with E-state index in [9.17, 15) is 9.59 Å². The highest BCUT2D eigenvalue weighted by atomic mass is 16.2. The van der Waals surface area contributed by atoms with E-state index in [0.29, 0.717) is 18.5 Å². The Labute approximate surface area is 145 Å². The molecule has 1 aliphatic carbocycles. The zero-order valence-electron chi connectivity index (χ0n) is 15.0. The molecule has 5 heteroatoms. The molecule has 5 nitrogen and oxygen atoms in total. The van der Waals surface area contributed by atoms with Crippen LogP contribution in [0.5, 0.6) is 0 Å². The van der Waals surface area contributed by atoms with Crippen LogP contribution in [0.4, 0.5) is 0 Å². The topological polar surface area (TPSA) is 43.9 Å². The molecule has 134 valence electrons. The van der Waals surface area contributed by atoms with Crippen LogP contribution in [0.2, 0.25) is 0 Å². The number of nitrogens with zero attached hydrogens (tertiary/aromatic N) is 3.